The molecule has 0 aliphatic carbocycles. The van der Waals surface area contributed by atoms with Gasteiger partial charge in [0.05, 0.1) is 6.07 Å². The highest BCUT2D eigenvalue weighted by Gasteiger charge is 2.73. The van der Waals surface area contributed by atoms with Crippen LogP contribution in [0.1, 0.15) is 17.5 Å². The van der Waals surface area contributed by atoms with Gasteiger partial charge in [-0.15, -0.1) is 0 Å². The highest BCUT2D eigenvalue weighted by Crippen LogP contribution is 2.53. The Kier molecular flexibility index (Phi) is 4.94. The second-order valence-corrected chi connectivity index (χ2v) is 4.57. The minimum atomic E-state index is -6.21. The third-order valence-electron chi connectivity index (χ3n) is 2.92. The molecule has 0 aromatic heterocycles. The number of carbonyl (C=O) groups excluding carboxylic acids is 1. The number of aryl methyl sites for hydroxylation is 1. The Balaban J connectivity index is 3.32. The van der Waals surface area contributed by atoms with Gasteiger partial charge in [0.15, 0.2) is 0 Å². The fraction of sp³-hybridized carbons (Fsp3) is 0.385. The van der Waals surface area contributed by atoms with Crippen LogP contribution in [0, 0.1) is 18.3 Å². The Hall–Kier alpha value is -2.31. The summed E-state index contributed by atoms with van der Waals surface area (Å²) in [5.74, 6) is -0.804. The Morgan fingerprint density at radius 3 is 2.04 bits per heavy atom. The van der Waals surface area contributed by atoms with E-state index in [1.807, 2.05) is 0 Å². The van der Waals surface area contributed by atoms with Crippen LogP contribution in [0.25, 0.3) is 0 Å². The van der Waals surface area contributed by atoms with E-state index in [1.165, 1.54) is 6.07 Å². The van der Waals surface area contributed by atoms with Crippen molar-refractivity contribution in [2.45, 2.75) is 31.4 Å². The third kappa shape index (κ3) is 3.55. The van der Waals surface area contributed by atoms with Crippen LogP contribution >= 0.6 is 0 Å². The molecule has 0 heterocycles. The van der Waals surface area contributed by atoms with Gasteiger partial charge in [-0.1, -0.05) is 12.1 Å². The topological polar surface area (TPSA) is 52.9 Å². The summed E-state index contributed by atoms with van der Waals surface area (Å²) < 4.78 is 89.6. The number of hydrogen-bond acceptors (Lipinski definition) is 2. The standard InChI is InChI=1S/C13H9F7N2O/c1-7-6-8(2-3-9(7)22-10(23)4-5-21)11(14,12(15,16)17)13(18,19)20/h2-3,6H,4H2,1H3,(H,22,23). The molecule has 3 nitrogen and oxygen atoms in total. The lowest BCUT2D eigenvalue weighted by atomic mass is 9.92. The number of amides is 1. The van der Waals surface area contributed by atoms with Gasteiger partial charge in [-0.2, -0.15) is 31.6 Å². The number of nitriles is 1. The molecule has 0 spiro atoms. The maximum Gasteiger partial charge on any atom is 0.435 e. The van der Waals surface area contributed by atoms with Gasteiger partial charge in [-0.3, -0.25) is 4.79 Å². The van der Waals surface area contributed by atoms with E-state index in [-0.39, 0.29) is 17.3 Å². The molecule has 0 aliphatic rings. The van der Waals surface area contributed by atoms with Gasteiger partial charge in [0.25, 0.3) is 0 Å². The van der Waals surface area contributed by atoms with Crippen LogP contribution < -0.4 is 5.32 Å². The Morgan fingerprint density at radius 1 is 1.13 bits per heavy atom. The number of alkyl halides is 7. The molecule has 1 aromatic rings. The molecule has 0 fully saturated rings. The fourth-order valence-corrected chi connectivity index (χ4v) is 1.77. The van der Waals surface area contributed by atoms with E-state index >= 15 is 0 Å². The number of rotatable bonds is 3. The first-order valence-corrected chi connectivity index (χ1v) is 5.95. The molecule has 10 heteroatoms. The summed E-state index contributed by atoms with van der Waals surface area (Å²) in [5.41, 5.74) is -7.52. The van der Waals surface area contributed by atoms with Crippen molar-refractivity contribution in [1.29, 1.82) is 5.26 Å². The zero-order valence-corrected chi connectivity index (χ0v) is 11.4. The lowest BCUT2D eigenvalue weighted by molar-refractivity contribution is -0.348. The molecule has 1 rings (SSSR count). The summed E-state index contributed by atoms with van der Waals surface area (Å²) in [4.78, 5) is 11.2. The Morgan fingerprint density at radius 2 is 1.65 bits per heavy atom. The molecule has 126 valence electrons. The average molecular weight is 342 g/mol. The molecule has 23 heavy (non-hydrogen) atoms. The van der Waals surface area contributed by atoms with Crippen LogP contribution in [0.5, 0.6) is 0 Å². The summed E-state index contributed by atoms with van der Waals surface area (Å²) in [6.45, 7) is 1.10. The van der Waals surface area contributed by atoms with Crippen molar-refractivity contribution in [3.8, 4) is 6.07 Å². The first-order valence-electron chi connectivity index (χ1n) is 5.95. The first kappa shape index (κ1) is 18.7. The average Bonchev–Trinajstić information content (AvgIpc) is 2.37. The van der Waals surface area contributed by atoms with E-state index in [4.69, 9.17) is 5.26 Å². The van der Waals surface area contributed by atoms with Crippen molar-refractivity contribution in [2.75, 3.05) is 5.32 Å². The normalized spacial score (nSPS) is 12.7. The number of hydrogen-bond donors (Lipinski definition) is 1. The summed E-state index contributed by atoms with van der Waals surface area (Å²) in [5, 5.41) is 10.4. The van der Waals surface area contributed by atoms with Crippen LogP contribution in [-0.2, 0) is 10.5 Å². The summed E-state index contributed by atoms with van der Waals surface area (Å²) in [6.07, 6.45) is -13.0. The van der Waals surface area contributed by atoms with Crippen molar-refractivity contribution >= 4 is 11.6 Å². The fourth-order valence-electron chi connectivity index (χ4n) is 1.77. The van der Waals surface area contributed by atoms with Crippen LogP contribution in [0.4, 0.5) is 36.4 Å². The maximum absolute atomic E-state index is 13.9. The molecule has 0 bridgehead atoms. The summed E-state index contributed by atoms with van der Waals surface area (Å²) >= 11 is 0. The predicted molar refractivity (Wildman–Crippen MR) is 64.9 cm³/mol. The van der Waals surface area contributed by atoms with Crippen LogP contribution in [0.3, 0.4) is 0 Å². The molecule has 1 aromatic carbocycles. The van der Waals surface area contributed by atoms with E-state index in [9.17, 15) is 35.5 Å². The largest absolute Gasteiger partial charge is 0.435 e. The molecule has 0 atom stereocenters. The first-order chi connectivity index (χ1) is 10.3. The minimum absolute atomic E-state index is 0.124. The molecular formula is C13H9F7N2O. The van der Waals surface area contributed by atoms with Gasteiger partial charge in [0, 0.05) is 11.3 Å². The minimum Gasteiger partial charge on any atom is -0.325 e. The van der Waals surface area contributed by atoms with E-state index in [0.29, 0.717) is 12.1 Å². The molecule has 0 radical (unpaired) electrons. The van der Waals surface area contributed by atoms with Crippen LogP contribution in [0.15, 0.2) is 18.2 Å². The molecule has 0 unspecified atom stereocenters. The van der Waals surface area contributed by atoms with Gasteiger partial charge in [0.2, 0.25) is 5.91 Å². The highest BCUT2D eigenvalue weighted by molar-refractivity contribution is 5.92. The van der Waals surface area contributed by atoms with Gasteiger partial charge in [-0.25, -0.2) is 4.39 Å². The van der Waals surface area contributed by atoms with E-state index in [2.05, 4.69) is 5.32 Å². The van der Waals surface area contributed by atoms with Crippen LogP contribution in [0.2, 0.25) is 0 Å². The molecule has 1 amide bonds. The number of carbonyl (C=O) groups is 1. The number of anilines is 1. The van der Waals surface area contributed by atoms with E-state index in [1.54, 1.807) is 0 Å². The van der Waals surface area contributed by atoms with E-state index < -0.39 is 35.9 Å². The monoisotopic (exact) mass is 342 g/mol. The summed E-state index contributed by atoms with van der Waals surface area (Å²) in [7, 11) is 0. The van der Waals surface area contributed by atoms with Crippen molar-refractivity contribution < 1.29 is 35.5 Å². The third-order valence-corrected chi connectivity index (χ3v) is 2.92. The van der Waals surface area contributed by atoms with Crippen molar-refractivity contribution in [3.05, 3.63) is 29.3 Å². The lowest BCUT2D eigenvalue weighted by Gasteiger charge is -2.30. The smallest absolute Gasteiger partial charge is 0.325 e. The van der Waals surface area contributed by atoms with Crippen molar-refractivity contribution in [2.24, 2.45) is 0 Å². The molecule has 1 N–H and O–H groups in total. The zero-order valence-electron chi connectivity index (χ0n) is 11.4. The van der Waals surface area contributed by atoms with Crippen molar-refractivity contribution in [3.63, 3.8) is 0 Å². The van der Waals surface area contributed by atoms with Gasteiger partial charge < -0.3 is 5.32 Å². The molecule has 0 aliphatic heterocycles. The van der Waals surface area contributed by atoms with Gasteiger partial charge in [-0.05, 0) is 18.6 Å². The number of halogens is 7. The van der Waals surface area contributed by atoms with Gasteiger partial charge >= 0.3 is 18.0 Å². The van der Waals surface area contributed by atoms with E-state index in [0.717, 1.165) is 6.92 Å². The second kappa shape index (κ2) is 6.06. The van der Waals surface area contributed by atoms with Crippen molar-refractivity contribution in [1.82, 2.24) is 0 Å². The molecular weight excluding hydrogens is 333 g/mol. The van der Waals surface area contributed by atoms with Gasteiger partial charge in [0.1, 0.15) is 6.42 Å². The molecule has 0 saturated carbocycles. The predicted octanol–water partition coefficient (Wildman–Crippen LogP) is 4.14. The molecule has 0 saturated heterocycles. The number of nitrogens with one attached hydrogen (secondary N) is 1. The number of nitrogens with zero attached hydrogens (tertiary/aromatic N) is 1. The lowest BCUT2D eigenvalue weighted by Crippen LogP contribution is -2.50. The number of benzene rings is 1. The zero-order chi connectivity index (χ0) is 18.1. The van der Waals surface area contributed by atoms with Crippen LogP contribution in [-0.4, -0.2) is 18.3 Å². The quantitative estimate of drug-likeness (QED) is 0.840. The SMILES string of the molecule is Cc1cc(C(F)(C(F)(F)F)C(F)(F)F)ccc1NC(=O)CC#N. The Labute approximate surface area is 125 Å². The Bertz CT molecular complexity index is 629. The summed E-state index contributed by atoms with van der Waals surface area (Å²) in [6, 6.07) is 2.86. The second-order valence-electron chi connectivity index (χ2n) is 4.57. The highest BCUT2D eigenvalue weighted by atomic mass is 19.4. The maximum atomic E-state index is 13.9.